The quantitative estimate of drug-likeness (QED) is 0.516. The van der Waals surface area contributed by atoms with Crippen LogP contribution < -0.4 is 5.32 Å². The maximum atomic E-state index is 13.8. The molecule has 0 aliphatic carbocycles. The molecule has 0 radical (unpaired) electrons. The molecule has 2 heterocycles. The number of nitrogens with zero attached hydrogens (tertiary/aromatic N) is 2. The number of anilines is 1. The molecule has 0 saturated carbocycles. The Morgan fingerprint density at radius 3 is 2.28 bits per heavy atom. The van der Waals surface area contributed by atoms with Gasteiger partial charge in [-0.1, -0.05) is 36.4 Å². The van der Waals surface area contributed by atoms with Crippen molar-refractivity contribution in [1.82, 2.24) is 9.55 Å². The number of nitrogens with one attached hydrogen (secondary N) is 1. The second-order valence-electron chi connectivity index (χ2n) is 6.57. The van der Waals surface area contributed by atoms with Gasteiger partial charge in [-0.2, -0.15) is 0 Å². The van der Waals surface area contributed by atoms with E-state index in [0.717, 1.165) is 34.5 Å². The zero-order valence-electron chi connectivity index (χ0n) is 15.6. The summed E-state index contributed by atoms with van der Waals surface area (Å²) in [4.78, 5) is 16.4. The van der Waals surface area contributed by atoms with E-state index in [1.54, 1.807) is 18.3 Å². The van der Waals surface area contributed by atoms with Crippen molar-refractivity contribution in [2.45, 2.75) is 0 Å². The monoisotopic (exact) mass is 389 g/mol. The van der Waals surface area contributed by atoms with Gasteiger partial charge in [0.2, 0.25) is 0 Å². The van der Waals surface area contributed by atoms with Gasteiger partial charge in [0.25, 0.3) is 5.91 Å². The molecular formula is C23H17F2N3O. The first kappa shape index (κ1) is 18.6. The zero-order valence-corrected chi connectivity index (χ0v) is 15.6. The molecule has 2 aromatic heterocycles. The summed E-state index contributed by atoms with van der Waals surface area (Å²) in [7, 11) is 1.94. The van der Waals surface area contributed by atoms with Crippen molar-refractivity contribution in [3.8, 4) is 22.4 Å². The Morgan fingerprint density at radius 1 is 0.897 bits per heavy atom. The lowest BCUT2D eigenvalue weighted by molar-refractivity contribution is 0.101. The Morgan fingerprint density at radius 2 is 1.62 bits per heavy atom. The van der Waals surface area contributed by atoms with Crippen LogP contribution >= 0.6 is 0 Å². The summed E-state index contributed by atoms with van der Waals surface area (Å²) in [6.07, 6.45) is 3.64. The lowest BCUT2D eigenvalue weighted by Crippen LogP contribution is -2.16. The van der Waals surface area contributed by atoms with Crippen LogP contribution in [0.2, 0.25) is 0 Å². The Kier molecular flexibility index (Phi) is 4.91. The molecule has 29 heavy (non-hydrogen) atoms. The molecule has 0 fully saturated rings. The van der Waals surface area contributed by atoms with Crippen molar-refractivity contribution < 1.29 is 13.6 Å². The van der Waals surface area contributed by atoms with E-state index in [2.05, 4.69) is 16.4 Å². The van der Waals surface area contributed by atoms with Gasteiger partial charge in [0.15, 0.2) is 0 Å². The first-order chi connectivity index (χ1) is 14.0. The molecule has 0 aliphatic rings. The van der Waals surface area contributed by atoms with E-state index in [4.69, 9.17) is 0 Å². The van der Waals surface area contributed by atoms with Crippen LogP contribution in [0.4, 0.5) is 14.6 Å². The highest BCUT2D eigenvalue weighted by Crippen LogP contribution is 2.28. The van der Waals surface area contributed by atoms with E-state index in [1.807, 2.05) is 48.1 Å². The molecule has 2 aromatic carbocycles. The Balaban J connectivity index is 1.56. The van der Waals surface area contributed by atoms with Crippen LogP contribution in [0.1, 0.15) is 10.4 Å². The van der Waals surface area contributed by atoms with Crippen LogP contribution in [0.5, 0.6) is 0 Å². The number of aromatic nitrogens is 2. The number of aryl methyl sites for hydroxylation is 1. The molecule has 1 amide bonds. The topological polar surface area (TPSA) is 46.9 Å². The smallest absolute Gasteiger partial charge is 0.262 e. The van der Waals surface area contributed by atoms with Gasteiger partial charge >= 0.3 is 0 Å². The molecule has 0 atom stereocenters. The van der Waals surface area contributed by atoms with Crippen molar-refractivity contribution in [3.05, 3.63) is 96.3 Å². The third-order valence-corrected chi connectivity index (χ3v) is 4.60. The number of rotatable bonds is 4. The molecule has 0 aliphatic heterocycles. The number of pyridine rings is 1. The molecule has 0 saturated heterocycles. The maximum Gasteiger partial charge on any atom is 0.262 e. The summed E-state index contributed by atoms with van der Waals surface area (Å²) >= 11 is 0. The molecule has 0 spiro atoms. The lowest BCUT2D eigenvalue weighted by atomic mass is 10.1. The summed E-state index contributed by atoms with van der Waals surface area (Å²) in [5.41, 5.74) is 3.36. The molecular weight excluding hydrogens is 372 g/mol. The van der Waals surface area contributed by atoms with Crippen LogP contribution in [0.15, 0.2) is 79.1 Å². The summed E-state index contributed by atoms with van der Waals surface area (Å²) in [6.45, 7) is 0. The predicted octanol–water partition coefficient (Wildman–Crippen LogP) is 5.28. The van der Waals surface area contributed by atoms with Gasteiger partial charge in [-0.3, -0.25) is 4.79 Å². The van der Waals surface area contributed by atoms with Crippen LogP contribution in [0.25, 0.3) is 22.4 Å². The first-order valence-corrected chi connectivity index (χ1v) is 8.96. The highest BCUT2D eigenvalue weighted by Gasteiger charge is 2.17. The van der Waals surface area contributed by atoms with E-state index in [0.29, 0.717) is 0 Å². The fourth-order valence-corrected chi connectivity index (χ4v) is 3.15. The van der Waals surface area contributed by atoms with Gasteiger partial charge in [0.1, 0.15) is 23.0 Å². The molecule has 0 unspecified atom stereocenters. The number of halogens is 2. The van der Waals surface area contributed by atoms with Crippen molar-refractivity contribution in [2.24, 2.45) is 7.05 Å². The van der Waals surface area contributed by atoms with Gasteiger partial charge in [-0.25, -0.2) is 13.8 Å². The van der Waals surface area contributed by atoms with Crippen LogP contribution in [-0.4, -0.2) is 15.5 Å². The van der Waals surface area contributed by atoms with Crippen molar-refractivity contribution in [1.29, 1.82) is 0 Å². The number of carbonyl (C=O) groups excluding carboxylic acids is 1. The van der Waals surface area contributed by atoms with Gasteiger partial charge in [0, 0.05) is 30.7 Å². The molecule has 1 N–H and O–H groups in total. The molecule has 4 aromatic rings. The predicted molar refractivity (Wildman–Crippen MR) is 108 cm³/mol. The maximum absolute atomic E-state index is 13.8. The SMILES string of the molecule is Cn1cc(-c2ccccc2)cc1-c1ccc(NC(=O)c2c(F)cccc2F)nc1. The number of amides is 1. The van der Waals surface area contributed by atoms with Crippen molar-refractivity contribution >= 4 is 11.7 Å². The average Bonchev–Trinajstić information content (AvgIpc) is 3.11. The highest BCUT2D eigenvalue weighted by atomic mass is 19.1. The lowest BCUT2D eigenvalue weighted by Gasteiger charge is -2.08. The van der Waals surface area contributed by atoms with Crippen LogP contribution in [-0.2, 0) is 7.05 Å². The summed E-state index contributed by atoms with van der Waals surface area (Å²) < 4.78 is 29.5. The highest BCUT2D eigenvalue weighted by molar-refractivity contribution is 6.04. The third kappa shape index (κ3) is 3.78. The van der Waals surface area contributed by atoms with E-state index >= 15 is 0 Å². The number of benzene rings is 2. The van der Waals surface area contributed by atoms with Gasteiger partial charge in [-0.05, 0) is 41.5 Å². The Hall–Kier alpha value is -3.80. The second kappa shape index (κ2) is 7.67. The second-order valence-corrected chi connectivity index (χ2v) is 6.57. The molecule has 4 nitrogen and oxygen atoms in total. The Bertz CT molecular complexity index is 1150. The minimum absolute atomic E-state index is 0.207. The largest absolute Gasteiger partial charge is 0.350 e. The van der Waals surface area contributed by atoms with E-state index in [-0.39, 0.29) is 5.82 Å². The summed E-state index contributed by atoms with van der Waals surface area (Å²) in [6, 6.07) is 18.7. The van der Waals surface area contributed by atoms with Crippen LogP contribution in [0.3, 0.4) is 0 Å². The zero-order chi connectivity index (χ0) is 20.4. The molecule has 0 bridgehead atoms. The minimum atomic E-state index is -0.920. The van der Waals surface area contributed by atoms with E-state index < -0.39 is 23.1 Å². The number of hydrogen-bond donors (Lipinski definition) is 1. The van der Waals surface area contributed by atoms with E-state index in [1.165, 1.54) is 6.07 Å². The minimum Gasteiger partial charge on any atom is -0.350 e. The summed E-state index contributed by atoms with van der Waals surface area (Å²) in [5, 5.41) is 2.43. The van der Waals surface area contributed by atoms with Crippen LogP contribution in [0, 0.1) is 11.6 Å². The van der Waals surface area contributed by atoms with Crippen molar-refractivity contribution in [3.63, 3.8) is 0 Å². The van der Waals surface area contributed by atoms with Gasteiger partial charge in [-0.15, -0.1) is 0 Å². The standard InChI is InChI=1S/C23H17F2N3O/c1-28-14-17(15-6-3-2-4-7-15)12-20(28)16-10-11-21(26-13-16)27-23(29)22-18(24)8-5-9-19(22)25/h2-14H,1H3,(H,26,27,29). The molecule has 4 rings (SSSR count). The van der Waals surface area contributed by atoms with Gasteiger partial charge in [0.05, 0.1) is 0 Å². The fraction of sp³-hybridized carbons (Fsp3) is 0.0435. The van der Waals surface area contributed by atoms with Gasteiger partial charge < -0.3 is 9.88 Å². The Labute approximate surface area is 166 Å². The average molecular weight is 389 g/mol. The summed E-state index contributed by atoms with van der Waals surface area (Å²) in [5.74, 6) is -2.52. The van der Waals surface area contributed by atoms with E-state index in [9.17, 15) is 13.6 Å². The fourth-order valence-electron chi connectivity index (χ4n) is 3.15. The molecule has 6 heteroatoms. The molecule has 144 valence electrons. The normalized spacial score (nSPS) is 10.7. The first-order valence-electron chi connectivity index (χ1n) is 8.96. The van der Waals surface area contributed by atoms with Crippen molar-refractivity contribution in [2.75, 3.05) is 5.32 Å². The number of hydrogen-bond acceptors (Lipinski definition) is 2. The third-order valence-electron chi connectivity index (χ3n) is 4.60. The number of carbonyl (C=O) groups is 1.